The van der Waals surface area contributed by atoms with Gasteiger partial charge in [0.2, 0.25) is 0 Å². The average Bonchev–Trinajstić information content (AvgIpc) is 3.02. The highest BCUT2D eigenvalue weighted by Crippen LogP contribution is 2.35. The van der Waals surface area contributed by atoms with Gasteiger partial charge in [0.1, 0.15) is 6.61 Å². The van der Waals surface area contributed by atoms with Crippen LogP contribution in [-0.4, -0.2) is 41.0 Å². The Morgan fingerprint density at radius 2 is 1.04 bits per heavy atom. The molecule has 8 nitrogen and oxygen atoms in total. The summed E-state index contributed by atoms with van der Waals surface area (Å²) in [4.78, 5) is 42.6. The third-order valence-corrected chi connectivity index (χ3v) is 7.18. The van der Waals surface area contributed by atoms with E-state index in [1.165, 1.54) is 6.42 Å². The second-order valence-corrected chi connectivity index (χ2v) is 12.3. The summed E-state index contributed by atoms with van der Waals surface area (Å²) in [5.74, 6) is -0.961. The topological polar surface area (TPSA) is 119 Å². The summed E-state index contributed by atoms with van der Waals surface area (Å²) in [6, 6.07) is 0. The third-order valence-electron chi connectivity index (χ3n) is 6.69. The molecule has 0 rings (SSSR count). The number of rotatable bonds is 30. The molecule has 0 saturated carbocycles. The maximum atomic E-state index is 12.3. The summed E-state index contributed by atoms with van der Waals surface area (Å²) in [7, 11) is -4.76. The molecule has 262 valence electrons. The van der Waals surface area contributed by atoms with Crippen LogP contribution in [0.3, 0.4) is 0 Å². The molecule has 0 radical (unpaired) electrons. The van der Waals surface area contributed by atoms with Crippen LogP contribution < -0.4 is 0 Å². The van der Waals surface area contributed by atoms with Gasteiger partial charge in [-0.1, -0.05) is 112 Å². The zero-order valence-corrected chi connectivity index (χ0v) is 29.3. The molecule has 0 aromatic carbocycles. The van der Waals surface area contributed by atoms with E-state index in [9.17, 15) is 14.2 Å². The molecule has 9 heteroatoms. The van der Waals surface area contributed by atoms with Crippen molar-refractivity contribution in [2.45, 2.75) is 136 Å². The quantitative estimate of drug-likeness (QED) is 0.0337. The largest absolute Gasteiger partial charge is 0.469 e. The molecule has 1 atom stereocenters. The first-order valence-electron chi connectivity index (χ1n) is 17.2. The van der Waals surface area contributed by atoms with E-state index in [-0.39, 0.29) is 19.4 Å². The Bertz CT molecular complexity index is 974. The predicted octanol–water partition coefficient (Wildman–Crippen LogP) is 9.95. The van der Waals surface area contributed by atoms with Crippen molar-refractivity contribution in [3.05, 3.63) is 72.9 Å². The van der Waals surface area contributed by atoms with Gasteiger partial charge in [0, 0.05) is 12.8 Å². The van der Waals surface area contributed by atoms with E-state index in [4.69, 9.17) is 19.3 Å². The lowest BCUT2D eigenvalue weighted by Gasteiger charge is -2.18. The first-order valence-corrected chi connectivity index (χ1v) is 18.8. The number of phosphoric acid groups is 1. The second kappa shape index (κ2) is 32.4. The highest BCUT2D eigenvalue weighted by Gasteiger charge is 2.22. The van der Waals surface area contributed by atoms with Crippen LogP contribution in [0.25, 0.3) is 0 Å². The maximum Gasteiger partial charge on any atom is 0.469 e. The van der Waals surface area contributed by atoms with Gasteiger partial charge in [-0.15, -0.1) is 0 Å². The Kier molecular flexibility index (Phi) is 30.7. The molecule has 0 spiro atoms. The van der Waals surface area contributed by atoms with Gasteiger partial charge in [0.15, 0.2) is 6.10 Å². The van der Waals surface area contributed by atoms with Crippen LogP contribution in [0.5, 0.6) is 0 Å². The van der Waals surface area contributed by atoms with Crippen molar-refractivity contribution >= 4 is 19.8 Å². The minimum atomic E-state index is -4.76. The minimum Gasteiger partial charge on any atom is -0.462 e. The lowest BCUT2D eigenvalue weighted by Crippen LogP contribution is -2.29. The standard InChI is InChI=1S/C37H61O8P/c1-3-5-7-9-11-13-15-17-18-20-22-24-26-28-30-32-37(39)45-35(34-44-46(40,41)42)33-43-36(38)31-29-27-25-23-21-19-16-14-12-10-8-6-4-2/h5,7-8,10-11,13-14,16-18,22,24,35H,3-4,6,9,12,15,19-21,23,25-34H2,1-2H3,(H2,40,41,42)/b7-5-,10-8-,13-11-,16-14-,18-17-,24-22-. The van der Waals surface area contributed by atoms with Crippen LogP contribution in [0.15, 0.2) is 72.9 Å². The number of carbonyl (C=O) groups is 2. The highest BCUT2D eigenvalue weighted by molar-refractivity contribution is 7.46. The van der Waals surface area contributed by atoms with E-state index in [2.05, 4.69) is 91.3 Å². The molecule has 0 fully saturated rings. The molecular formula is C37H61O8P. The Morgan fingerprint density at radius 1 is 0.587 bits per heavy atom. The van der Waals surface area contributed by atoms with Crippen molar-refractivity contribution in [3.63, 3.8) is 0 Å². The highest BCUT2D eigenvalue weighted by atomic mass is 31.2. The first-order chi connectivity index (χ1) is 22.3. The van der Waals surface area contributed by atoms with Crippen molar-refractivity contribution in [2.75, 3.05) is 13.2 Å². The summed E-state index contributed by atoms with van der Waals surface area (Å²) < 4.78 is 26.2. The van der Waals surface area contributed by atoms with Crippen molar-refractivity contribution < 1.29 is 37.9 Å². The van der Waals surface area contributed by atoms with Gasteiger partial charge in [-0.25, -0.2) is 4.57 Å². The molecule has 1 unspecified atom stereocenters. The van der Waals surface area contributed by atoms with Crippen LogP contribution in [0.1, 0.15) is 129 Å². The Balaban J connectivity index is 4.13. The molecular weight excluding hydrogens is 603 g/mol. The molecule has 0 aromatic heterocycles. The Morgan fingerprint density at radius 3 is 1.61 bits per heavy atom. The predicted molar refractivity (Wildman–Crippen MR) is 188 cm³/mol. The summed E-state index contributed by atoms with van der Waals surface area (Å²) in [6.07, 6.45) is 40.5. The monoisotopic (exact) mass is 664 g/mol. The van der Waals surface area contributed by atoms with Crippen molar-refractivity contribution in [3.8, 4) is 0 Å². The number of allylic oxidation sites excluding steroid dienone is 12. The van der Waals surface area contributed by atoms with E-state index in [1.54, 1.807) is 0 Å². The first kappa shape index (κ1) is 43.5. The number of ether oxygens (including phenoxy) is 2. The van der Waals surface area contributed by atoms with Gasteiger partial charge >= 0.3 is 19.8 Å². The molecule has 0 aromatic rings. The lowest BCUT2D eigenvalue weighted by molar-refractivity contribution is -0.161. The molecule has 0 bridgehead atoms. The van der Waals surface area contributed by atoms with Crippen LogP contribution in [0.4, 0.5) is 0 Å². The summed E-state index contributed by atoms with van der Waals surface area (Å²) in [5.41, 5.74) is 0. The number of carbonyl (C=O) groups excluding carboxylic acids is 2. The molecule has 2 N–H and O–H groups in total. The zero-order valence-electron chi connectivity index (χ0n) is 28.4. The molecule has 0 amide bonds. The Labute approximate surface area is 279 Å². The van der Waals surface area contributed by atoms with Crippen molar-refractivity contribution in [1.82, 2.24) is 0 Å². The fourth-order valence-electron chi connectivity index (χ4n) is 4.16. The molecule has 46 heavy (non-hydrogen) atoms. The number of hydrogen-bond acceptors (Lipinski definition) is 6. The smallest absolute Gasteiger partial charge is 0.462 e. The number of hydrogen-bond donors (Lipinski definition) is 2. The van der Waals surface area contributed by atoms with E-state index in [0.717, 1.165) is 83.5 Å². The van der Waals surface area contributed by atoms with Gasteiger partial charge in [-0.3, -0.25) is 14.1 Å². The van der Waals surface area contributed by atoms with Gasteiger partial charge in [0.05, 0.1) is 6.61 Å². The van der Waals surface area contributed by atoms with Crippen LogP contribution in [-0.2, 0) is 28.2 Å². The fourth-order valence-corrected chi connectivity index (χ4v) is 4.52. The number of unbranched alkanes of at least 4 members (excludes halogenated alkanes) is 8. The second-order valence-electron chi connectivity index (χ2n) is 11.1. The van der Waals surface area contributed by atoms with Crippen molar-refractivity contribution in [2.24, 2.45) is 0 Å². The van der Waals surface area contributed by atoms with E-state index < -0.39 is 32.5 Å². The van der Waals surface area contributed by atoms with Gasteiger partial charge in [-0.2, -0.15) is 0 Å². The van der Waals surface area contributed by atoms with E-state index in [0.29, 0.717) is 12.8 Å². The van der Waals surface area contributed by atoms with Gasteiger partial charge in [0.25, 0.3) is 0 Å². The molecule has 0 saturated heterocycles. The van der Waals surface area contributed by atoms with Crippen molar-refractivity contribution in [1.29, 1.82) is 0 Å². The maximum absolute atomic E-state index is 12.3. The Hall–Kier alpha value is -2.51. The SMILES string of the molecule is CC/C=C\C/C=C\C/C=C\C/C=C\CCCCC(=O)OC(COC(=O)CCCCCCC/C=C\C/C=C\CCC)COP(=O)(O)O. The normalized spacial score (nSPS) is 13.4. The number of esters is 2. The van der Waals surface area contributed by atoms with Gasteiger partial charge < -0.3 is 19.3 Å². The lowest BCUT2D eigenvalue weighted by atomic mass is 10.1. The van der Waals surface area contributed by atoms with Crippen LogP contribution >= 0.6 is 7.82 Å². The average molecular weight is 665 g/mol. The van der Waals surface area contributed by atoms with E-state index >= 15 is 0 Å². The molecule has 0 heterocycles. The summed E-state index contributed by atoms with van der Waals surface area (Å²) in [5, 5.41) is 0. The third kappa shape index (κ3) is 34.4. The molecule has 0 aliphatic carbocycles. The van der Waals surface area contributed by atoms with Crippen LogP contribution in [0, 0.1) is 0 Å². The minimum absolute atomic E-state index is 0.152. The zero-order chi connectivity index (χ0) is 34.0. The molecule has 0 aliphatic heterocycles. The summed E-state index contributed by atoms with van der Waals surface area (Å²) in [6.45, 7) is 3.42. The van der Waals surface area contributed by atoms with Crippen LogP contribution in [0.2, 0.25) is 0 Å². The van der Waals surface area contributed by atoms with Gasteiger partial charge in [-0.05, 0) is 77.0 Å². The fraction of sp³-hybridized carbons (Fsp3) is 0.622. The van der Waals surface area contributed by atoms with E-state index in [1.807, 2.05) is 0 Å². The summed E-state index contributed by atoms with van der Waals surface area (Å²) >= 11 is 0. The molecule has 0 aliphatic rings. The number of phosphoric ester groups is 1.